The van der Waals surface area contributed by atoms with Gasteiger partial charge in [0.15, 0.2) is 0 Å². The fourth-order valence-electron chi connectivity index (χ4n) is 1.91. The summed E-state index contributed by atoms with van der Waals surface area (Å²) in [6, 6.07) is 2.18. The molecule has 4 nitrogen and oxygen atoms in total. The number of carbonyl (C=O) groups excluding carboxylic acids is 1. The van der Waals surface area contributed by atoms with Crippen LogP contribution in [0.1, 0.15) is 32.1 Å². The average Bonchev–Trinajstić information content (AvgIpc) is 2.26. The highest BCUT2D eigenvalue weighted by atomic mass is 16.1. The van der Waals surface area contributed by atoms with Gasteiger partial charge in [0.05, 0.1) is 0 Å². The Morgan fingerprint density at radius 2 is 2.00 bits per heavy atom. The van der Waals surface area contributed by atoms with Crippen molar-refractivity contribution in [2.45, 2.75) is 38.1 Å². The second-order valence-electron chi connectivity index (χ2n) is 4.43. The maximum Gasteiger partial charge on any atom is 0.263 e. The molecule has 0 aromatic carbocycles. The molecule has 0 atom stereocenters. The molecule has 16 heavy (non-hydrogen) atoms. The lowest BCUT2D eigenvalue weighted by molar-refractivity contribution is -0.118. The molecule has 1 aliphatic carbocycles. The minimum absolute atomic E-state index is 0.176. The molecule has 0 radical (unpaired) electrons. The lowest BCUT2D eigenvalue weighted by Gasteiger charge is -2.22. The molecule has 1 fully saturated rings. The standard InChI is InChI=1S/C12H19N3O/c1-15(2)9-10(8-13)12(16)14-11-6-4-3-5-7-11/h9,11H,3-7H2,1-2H3,(H,14,16)/b10-9-. The maximum absolute atomic E-state index is 11.7. The molecule has 1 saturated carbocycles. The third-order valence-corrected chi connectivity index (χ3v) is 2.69. The Bertz CT molecular complexity index is 309. The first kappa shape index (κ1) is 12.6. The van der Waals surface area contributed by atoms with Gasteiger partial charge in [-0.05, 0) is 12.8 Å². The molecule has 0 spiro atoms. The highest BCUT2D eigenvalue weighted by Crippen LogP contribution is 2.17. The lowest BCUT2D eigenvalue weighted by atomic mass is 9.95. The van der Waals surface area contributed by atoms with E-state index in [0.717, 1.165) is 12.8 Å². The monoisotopic (exact) mass is 221 g/mol. The zero-order chi connectivity index (χ0) is 12.0. The zero-order valence-electron chi connectivity index (χ0n) is 9.99. The topological polar surface area (TPSA) is 56.1 Å². The van der Waals surface area contributed by atoms with E-state index in [2.05, 4.69) is 5.32 Å². The van der Waals surface area contributed by atoms with Gasteiger partial charge in [-0.15, -0.1) is 0 Å². The zero-order valence-corrected chi connectivity index (χ0v) is 9.99. The minimum Gasteiger partial charge on any atom is -0.382 e. The van der Waals surface area contributed by atoms with Crippen molar-refractivity contribution < 1.29 is 4.79 Å². The largest absolute Gasteiger partial charge is 0.382 e. The fraction of sp³-hybridized carbons (Fsp3) is 0.667. The van der Waals surface area contributed by atoms with E-state index in [4.69, 9.17) is 5.26 Å². The Labute approximate surface area is 96.9 Å². The molecule has 1 rings (SSSR count). The highest BCUT2D eigenvalue weighted by molar-refractivity contribution is 5.97. The van der Waals surface area contributed by atoms with Crippen molar-refractivity contribution in [2.24, 2.45) is 0 Å². The number of amides is 1. The van der Waals surface area contributed by atoms with E-state index >= 15 is 0 Å². The van der Waals surface area contributed by atoms with Gasteiger partial charge in [0, 0.05) is 26.3 Å². The van der Waals surface area contributed by atoms with Gasteiger partial charge >= 0.3 is 0 Å². The van der Waals surface area contributed by atoms with Crippen LogP contribution in [0.5, 0.6) is 0 Å². The Morgan fingerprint density at radius 1 is 1.38 bits per heavy atom. The molecule has 0 saturated heterocycles. The first-order valence-electron chi connectivity index (χ1n) is 5.72. The Balaban J connectivity index is 2.53. The summed E-state index contributed by atoms with van der Waals surface area (Å²) in [4.78, 5) is 13.5. The second kappa shape index (κ2) is 6.16. The van der Waals surface area contributed by atoms with Crippen LogP contribution in [0.2, 0.25) is 0 Å². The van der Waals surface area contributed by atoms with Crippen molar-refractivity contribution in [3.8, 4) is 6.07 Å². The first-order valence-corrected chi connectivity index (χ1v) is 5.72. The number of nitrogens with one attached hydrogen (secondary N) is 1. The van der Waals surface area contributed by atoms with Gasteiger partial charge in [-0.3, -0.25) is 4.79 Å². The third kappa shape index (κ3) is 3.93. The quantitative estimate of drug-likeness (QED) is 0.579. The van der Waals surface area contributed by atoms with E-state index in [0.29, 0.717) is 0 Å². The maximum atomic E-state index is 11.7. The molecule has 0 heterocycles. The van der Waals surface area contributed by atoms with Crippen LogP contribution in [0, 0.1) is 11.3 Å². The van der Waals surface area contributed by atoms with Crippen LogP contribution < -0.4 is 5.32 Å². The molecule has 0 aliphatic heterocycles. The Morgan fingerprint density at radius 3 is 2.50 bits per heavy atom. The van der Waals surface area contributed by atoms with Gasteiger partial charge in [0.25, 0.3) is 5.91 Å². The van der Waals surface area contributed by atoms with Crippen LogP contribution in [0.15, 0.2) is 11.8 Å². The van der Waals surface area contributed by atoms with E-state index < -0.39 is 0 Å². The molecule has 0 bridgehead atoms. The molecule has 1 aliphatic rings. The number of carbonyl (C=O) groups is 1. The van der Waals surface area contributed by atoms with Crippen molar-refractivity contribution in [3.05, 3.63) is 11.8 Å². The summed E-state index contributed by atoms with van der Waals surface area (Å²) in [7, 11) is 3.59. The van der Waals surface area contributed by atoms with E-state index in [9.17, 15) is 4.79 Å². The minimum atomic E-state index is -0.247. The van der Waals surface area contributed by atoms with Gasteiger partial charge < -0.3 is 10.2 Å². The molecule has 0 aromatic heterocycles. The predicted molar refractivity (Wildman–Crippen MR) is 62.4 cm³/mol. The second-order valence-corrected chi connectivity index (χ2v) is 4.43. The van der Waals surface area contributed by atoms with Crippen LogP contribution in [-0.4, -0.2) is 30.9 Å². The molecule has 88 valence electrons. The highest BCUT2D eigenvalue weighted by Gasteiger charge is 2.17. The van der Waals surface area contributed by atoms with Crippen LogP contribution in [0.4, 0.5) is 0 Å². The van der Waals surface area contributed by atoms with Crippen molar-refractivity contribution in [1.29, 1.82) is 5.26 Å². The molecule has 1 amide bonds. The summed E-state index contributed by atoms with van der Waals surface area (Å²) in [6.45, 7) is 0. The van der Waals surface area contributed by atoms with E-state index in [1.807, 2.05) is 6.07 Å². The lowest BCUT2D eigenvalue weighted by Crippen LogP contribution is -2.37. The SMILES string of the molecule is CN(C)/C=C(/C#N)C(=O)NC1CCCCC1. The number of hydrogen-bond donors (Lipinski definition) is 1. The van der Waals surface area contributed by atoms with E-state index in [1.165, 1.54) is 19.3 Å². The molecular weight excluding hydrogens is 202 g/mol. The van der Waals surface area contributed by atoms with Gasteiger partial charge in [-0.1, -0.05) is 19.3 Å². The van der Waals surface area contributed by atoms with Crippen molar-refractivity contribution in [3.63, 3.8) is 0 Å². The predicted octanol–water partition coefficient (Wildman–Crippen LogP) is 1.40. The number of nitrogens with zero attached hydrogens (tertiary/aromatic N) is 2. The average molecular weight is 221 g/mol. The smallest absolute Gasteiger partial charge is 0.263 e. The summed E-state index contributed by atoms with van der Waals surface area (Å²) in [5.41, 5.74) is 0.176. The number of nitriles is 1. The van der Waals surface area contributed by atoms with Crippen molar-refractivity contribution >= 4 is 5.91 Å². The summed E-state index contributed by atoms with van der Waals surface area (Å²) in [5, 5.41) is 11.8. The van der Waals surface area contributed by atoms with Crippen LogP contribution in [-0.2, 0) is 4.79 Å². The molecule has 0 aromatic rings. The number of rotatable bonds is 3. The van der Waals surface area contributed by atoms with Gasteiger partial charge in [0.2, 0.25) is 0 Å². The molecular formula is C12H19N3O. The Hall–Kier alpha value is -1.50. The summed E-state index contributed by atoms with van der Waals surface area (Å²) in [6.07, 6.45) is 7.22. The normalized spacial score (nSPS) is 17.7. The van der Waals surface area contributed by atoms with Gasteiger partial charge in [0.1, 0.15) is 11.6 Å². The van der Waals surface area contributed by atoms with Crippen LogP contribution in [0.25, 0.3) is 0 Å². The van der Waals surface area contributed by atoms with E-state index in [1.54, 1.807) is 25.2 Å². The third-order valence-electron chi connectivity index (χ3n) is 2.69. The van der Waals surface area contributed by atoms with Crippen LogP contribution >= 0.6 is 0 Å². The summed E-state index contributed by atoms with van der Waals surface area (Å²) < 4.78 is 0. The first-order chi connectivity index (χ1) is 7.63. The molecule has 0 unspecified atom stereocenters. The summed E-state index contributed by atoms with van der Waals surface area (Å²) in [5.74, 6) is -0.247. The summed E-state index contributed by atoms with van der Waals surface area (Å²) >= 11 is 0. The van der Waals surface area contributed by atoms with Crippen molar-refractivity contribution in [2.75, 3.05) is 14.1 Å². The van der Waals surface area contributed by atoms with Gasteiger partial charge in [-0.25, -0.2) is 0 Å². The van der Waals surface area contributed by atoms with Gasteiger partial charge in [-0.2, -0.15) is 5.26 Å². The molecule has 1 N–H and O–H groups in total. The van der Waals surface area contributed by atoms with Crippen molar-refractivity contribution in [1.82, 2.24) is 10.2 Å². The van der Waals surface area contributed by atoms with Crippen LogP contribution in [0.3, 0.4) is 0 Å². The Kier molecular flexibility index (Phi) is 4.84. The fourth-order valence-corrected chi connectivity index (χ4v) is 1.91. The van der Waals surface area contributed by atoms with E-state index in [-0.39, 0.29) is 17.5 Å². The number of hydrogen-bond acceptors (Lipinski definition) is 3. The molecule has 4 heteroatoms.